The summed E-state index contributed by atoms with van der Waals surface area (Å²) in [5.74, 6) is 0.847. The van der Waals surface area contributed by atoms with Gasteiger partial charge in [0.15, 0.2) is 5.82 Å². The third-order valence-electron chi connectivity index (χ3n) is 5.43. The molecule has 1 saturated carbocycles. The molecule has 0 aliphatic heterocycles. The van der Waals surface area contributed by atoms with Crippen LogP contribution in [0.2, 0.25) is 0 Å². The lowest BCUT2D eigenvalue weighted by atomic mass is 9.85. The Morgan fingerprint density at radius 2 is 2.14 bits per heavy atom. The molecule has 1 amide bonds. The molecule has 2 N–H and O–H groups in total. The third kappa shape index (κ3) is 3.69. The smallest absolute Gasteiger partial charge is 0.280 e. The Morgan fingerprint density at radius 1 is 1.31 bits per heavy atom. The maximum Gasteiger partial charge on any atom is 0.280 e. The first-order valence-electron chi connectivity index (χ1n) is 9.63. The molecule has 0 spiro atoms. The van der Waals surface area contributed by atoms with Crippen LogP contribution in [0.15, 0.2) is 47.5 Å². The molecule has 1 aliphatic rings. The van der Waals surface area contributed by atoms with Crippen LogP contribution in [0.25, 0.3) is 16.9 Å². The molecule has 0 saturated heterocycles. The van der Waals surface area contributed by atoms with Gasteiger partial charge in [0.2, 0.25) is 0 Å². The Bertz CT molecular complexity index is 1150. The van der Waals surface area contributed by atoms with E-state index in [0.717, 1.165) is 11.1 Å². The fourth-order valence-corrected chi connectivity index (χ4v) is 3.46. The van der Waals surface area contributed by atoms with Crippen LogP contribution in [-0.4, -0.2) is 27.2 Å². The normalized spacial score (nSPS) is 13.5. The lowest BCUT2D eigenvalue weighted by molar-refractivity contribution is 0.0938. The number of carbonyl (C=O) groups excluding carboxylic acids is 1. The molecule has 4 rings (SSSR count). The monoisotopic (exact) mass is 387 g/mol. The number of amides is 1. The zero-order chi connectivity index (χ0) is 20.4. The average molecular weight is 387 g/mol. The number of rotatable bonds is 5. The molecule has 1 aromatic carbocycles. The second-order valence-corrected chi connectivity index (χ2v) is 7.38. The van der Waals surface area contributed by atoms with Crippen LogP contribution in [0.5, 0.6) is 0 Å². The highest BCUT2D eigenvalue weighted by Crippen LogP contribution is 2.25. The molecule has 146 valence electrons. The van der Waals surface area contributed by atoms with Gasteiger partial charge in [0.1, 0.15) is 0 Å². The molecular formula is C22H21N5O2. The maximum atomic E-state index is 12.9. The quantitative estimate of drug-likeness (QED) is 0.702. The number of pyridine rings is 1. The second-order valence-electron chi connectivity index (χ2n) is 7.38. The Kier molecular flexibility index (Phi) is 5.00. The van der Waals surface area contributed by atoms with Crippen molar-refractivity contribution in [2.24, 2.45) is 5.92 Å². The van der Waals surface area contributed by atoms with Gasteiger partial charge >= 0.3 is 0 Å². The fourth-order valence-electron chi connectivity index (χ4n) is 3.46. The molecule has 2 aromatic heterocycles. The lowest BCUT2D eigenvalue weighted by Crippen LogP contribution is -2.32. The van der Waals surface area contributed by atoms with Crippen molar-refractivity contribution in [2.45, 2.75) is 26.2 Å². The number of hydrogen-bond donors (Lipinski definition) is 2. The van der Waals surface area contributed by atoms with Gasteiger partial charge < -0.3 is 5.32 Å². The largest absolute Gasteiger partial charge is 0.352 e. The molecule has 1 fully saturated rings. The number of nitrogens with zero attached hydrogens (tertiary/aromatic N) is 3. The van der Waals surface area contributed by atoms with E-state index in [4.69, 9.17) is 5.26 Å². The summed E-state index contributed by atoms with van der Waals surface area (Å²) in [6.45, 7) is 2.56. The predicted octanol–water partition coefficient (Wildman–Crippen LogP) is 2.94. The van der Waals surface area contributed by atoms with Gasteiger partial charge in [-0.3, -0.25) is 14.7 Å². The average Bonchev–Trinajstić information content (AvgIpc) is 3.07. The molecule has 7 nitrogen and oxygen atoms in total. The number of aromatic nitrogens is 3. The standard InChI is InChI=1S/C22H21N5O2/c1-14-9-16(10-23)5-7-18(14)19-13-26-27(22(19)29)20-8-6-17(12-24-20)21(28)25-11-15-3-2-4-15/h5-9,12-13,15,26H,2-4,11H2,1H3,(H,25,28). The molecule has 29 heavy (non-hydrogen) atoms. The first-order chi connectivity index (χ1) is 14.1. The van der Waals surface area contributed by atoms with Crippen LogP contribution in [-0.2, 0) is 0 Å². The van der Waals surface area contributed by atoms with Crippen LogP contribution in [0.4, 0.5) is 0 Å². The van der Waals surface area contributed by atoms with Crippen LogP contribution in [0.3, 0.4) is 0 Å². The number of carbonyl (C=O) groups is 1. The van der Waals surface area contributed by atoms with Gasteiger partial charge in [-0.25, -0.2) is 9.67 Å². The van der Waals surface area contributed by atoms with E-state index in [9.17, 15) is 9.59 Å². The van der Waals surface area contributed by atoms with E-state index >= 15 is 0 Å². The minimum Gasteiger partial charge on any atom is -0.352 e. The highest BCUT2D eigenvalue weighted by Gasteiger charge is 2.18. The van der Waals surface area contributed by atoms with E-state index in [1.165, 1.54) is 30.1 Å². The van der Waals surface area contributed by atoms with Crippen molar-refractivity contribution in [3.63, 3.8) is 0 Å². The summed E-state index contributed by atoms with van der Waals surface area (Å²) < 4.78 is 1.34. The van der Waals surface area contributed by atoms with E-state index in [2.05, 4.69) is 21.5 Å². The van der Waals surface area contributed by atoms with E-state index in [0.29, 0.717) is 35.0 Å². The van der Waals surface area contributed by atoms with E-state index in [1.54, 1.807) is 36.5 Å². The second kappa shape index (κ2) is 7.76. The number of H-pyrrole nitrogens is 1. The van der Waals surface area contributed by atoms with Gasteiger partial charge in [-0.15, -0.1) is 0 Å². The van der Waals surface area contributed by atoms with Gasteiger partial charge in [0.25, 0.3) is 11.5 Å². The molecular weight excluding hydrogens is 366 g/mol. The summed E-state index contributed by atoms with van der Waals surface area (Å²) in [6.07, 6.45) is 6.69. The first-order valence-corrected chi connectivity index (χ1v) is 9.63. The third-order valence-corrected chi connectivity index (χ3v) is 5.43. The molecule has 0 radical (unpaired) electrons. The predicted molar refractivity (Wildman–Crippen MR) is 109 cm³/mol. The van der Waals surface area contributed by atoms with Crippen LogP contribution in [0, 0.1) is 24.2 Å². The number of nitrogens with one attached hydrogen (secondary N) is 2. The van der Waals surface area contributed by atoms with Crippen molar-refractivity contribution in [3.8, 4) is 23.0 Å². The number of hydrogen-bond acceptors (Lipinski definition) is 4. The summed E-state index contributed by atoms with van der Waals surface area (Å²) in [6, 6.07) is 10.6. The number of aromatic amines is 1. The SMILES string of the molecule is Cc1cc(C#N)ccc1-c1c[nH]n(-c2ccc(C(=O)NCC3CCC3)cn2)c1=O. The molecule has 0 atom stereocenters. The fraction of sp³-hybridized carbons (Fsp3) is 0.273. The van der Waals surface area contributed by atoms with Crippen molar-refractivity contribution < 1.29 is 4.79 Å². The minimum absolute atomic E-state index is 0.149. The maximum absolute atomic E-state index is 12.9. The first kappa shape index (κ1) is 18.7. The molecule has 2 heterocycles. The molecule has 3 aromatic rings. The highest BCUT2D eigenvalue weighted by molar-refractivity contribution is 5.93. The van der Waals surface area contributed by atoms with Gasteiger partial charge in [0, 0.05) is 18.9 Å². The zero-order valence-electron chi connectivity index (χ0n) is 16.1. The lowest BCUT2D eigenvalue weighted by Gasteiger charge is -2.25. The molecule has 0 unspecified atom stereocenters. The summed E-state index contributed by atoms with van der Waals surface area (Å²) in [7, 11) is 0. The molecule has 1 aliphatic carbocycles. The van der Waals surface area contributed by atoms with Crippen molar-refractivity contribution in [1.82, 2.24) is 20.1 Å². The summed E-state index contributed by atoms with van der Waals surface area (Å²) >= 11 is 0. The number of aryl methyl sites for hydroxylation is 1. The Labute approximate surface area is 168 Å². The minimum atomic E-state index is -0.243. The van der Waals surface area contributed by atoms with Crippen LogP contribution < -0.4 is 10.9 Å². The van der Waals surface area contributed by atoms with E-state index in [-0.39, 0.29) is 11.5 Å². The Morgan fingerprint density at radius 3 is 2.76 bits per heavy atom. The topological polar surface area (TPSA) is 104 Å². The summed E-state index contributed by atoms with van der Waals surface area (Å²) in [5.41, 5.74) is 2.88. The van der Waals surface area contributed by atoms with E-state index in [1.807, 2.05) is 6.92 Å². The van der Waals surface area contributed by atoms with Crippen LogP contribution >= 0.6 is 0 Å². The van der Waals surface area contributed by atoms with Crippen LogP contribution in [0.1, 0.15) is 40.7 Å². The van der Waals surface area contributed by atoms with Gasteiger partial charge in [0.05, 0.1) is 22.8 Å². The van der Waals surface area contributed by atoms with Crippen molar-refractivity contribution in [1.29, 1.82) is 5.26 Å². The number of benzene rings is 1. The van der Waals surface area contributed by atoms with Crippen molar-refractivity contribution in [2.75, 3.05) is 6.54 Å². The van der Waals surface area contributed by atoms with Crippen molar-refractivity contribution in [3.05, 3.63) is 69.8 Å². The summed E-state index contributed by atoms with van der Waals surface area (Å²) in [5, 5.41) is 14.9. The molecule has 0 bridgehead atoms. The van der Waals surface area contributed by atoms with Gasteiger partial charge in [-0.1, -0.05) is 12.5 Å². The Balaban J connectivity index is 1.54. The zero-order valence-corrected chi connectivity index (χ0v) is 16.1. The van der Waals surface area contributed by atoms with Gasteiger partial charge in [-0.05, 0) is 61.1 Å². The number of nitriles is 1. The summed E-state index contributed by atoms with van der Waals surface area (Å²) in [4.78, 5) is 29.4. The van der Waals surface area contributed by atoms with E-state index < -0.39 is 0 Å². The van der Waals surface area contributed by atoms with Gasteiger partial charge in [-0.2, -0.15) is 5.26 Å². The van der Waals surface area contributed by atoms with Crippen molar-refractivity contribution >= 4 is 5.91 Å². The Hall–Kier alpha value is -3.66. The molecule has 7 heteroatoms. The highest BCUT2D eigenvalue weighted by atomic mass is 16.1.